The molecule has 0 radical (unpaired) electrons. The second kappa shape index (κ2) is 6.23. The van der Waals surface area contributed by atoms with Crippen molar-refractivity contribution >= 4 is 18.6 Å². The first-order chi connectivity index (χ1) is 5.97. The van der Waals surface area contributed by atoms with Gasteiger partial charge in [0.2, 0.25) is 0 Å². The Labute approximate surface area is 84.2 Å². The van der Waals surface area contributed by atoms with Crippen LogP contribution in [0.15, 0.2) is 0 Å². The lowest BCUT2D eigenvalue weighted by atomic mass is 10.4. The molecule has 78 valence electrons. The number of nitrogens with two attached hydrogens (primary N) is 1. The smallest absolute Gasteiger partial charge is 0.326 e. The number of hydrogen-bond acceptors (Lipinski definition) is 5. The molecule has 0 aromatic rings. The van der Waals surface area contributed by atoms with Crippen molar-refractivity contribution in [3.8, 4) is 0 Å². The molecule has 0 saturated carbocycles. The second-order valence-electron chi connectivity index (χ2n) is 2.98. The van der Waals surface area contributed by atoms with Crippen LogP contribution in [0.25, 0.3) is 0 Å². The number of carbonyl (C=O) groups is 1. The largest absolute Gasteiger partial charge is 0.435 e. The van der Waals surface area contributed by atoms with Gasteiger partial charge in [0.15, 0.2) is 6.29 Å². The van der Waals surface area contributed by atoms with E-state index in [1.165, 1.54) is 0 Å². The van der Waals surface area contributed by atoms with Crippen LogP contribution in [0.3, 0.4) is 0 Å². The van der Waals surface area contributed by atoms with Gasteiger partial charge in [-0.3, -0.25) is 4.79 Å². The molecule has 0 heterocycles. The van der Waals surface area contributed by atoms with Crippen molar-refractivity contribution in [3.05, 3.63) is 0 Å². The molecular weight excluding hydrogens is 190 g/mol. The van der Waals surface area contributed by atoms with Crippen molar-refractivity contribution in [1.29, 1.82) is 0 Å². The van der Waals surface area contributed by atoms with Crippen molar-refractivity contribution in [1.82, 2.24) is 0 Å². The normalized spacial score (nSPS) is 15.5. The average molecular weight is 207 g/mol. The zero-order valence-electron chi connectivity index (χ0n) is 8.19. The number of carbonyl (C=O) groups excluding carboxylic acids is 1. The first kappa shape index (κ1) is 12.7. The van der Waals surface area contributed by atoms with Gasteiger partial charge in [0.25, 0.3) is 0 Å². The Morgan fingerprint density at radius 2 is 2.00 bits per heavy atom. The third-order valence-electron chi connectivity index (χ3n) is 1.25. The predicted octanol–water partition coefficient (Wildman–Crippen LogP) is 0.558. The summed E-state index contributed by atoms with van der Waals surface area (Å²) in [5.41, 5.74) is 5.39. The Balaban J connectivity index is 3.77. The lowest BCUT2D eigenvalue weighted by molar-refractivity contribution is -0.182. The van der Waals surface area contributed by atoms with Gasteiger partial charge in [0.05, 0.1) is 6.10 Å². The highest BCUT2D eigenvalue weighted by atomic mass is 32.1. The maximum Gasteiger partial charge on any atom is 0.326 e. The van der Waals surface area contributed by atoms with E-state index in [0.29, 0.717) is 0 Å². The number of ether oxygens (including phenoxy) is 2. The zero-order chi connectivity index (χ0) is 10.4. The zero-order valence-corrected chi connectivity index (χ0v) is 9.08. The SMILES string of the molecule is CC(C)OC(C)OC(=O)C(N)CS. The molecule has 0 aliphatic rings. The van der Waals surface area contributed by atoms with E-state index in [-0.39, 0.29) is 11.9 Å². The fourth-order valence-electron chi connectivity index (χ4n) is 0.737. The van der Waals surface area contributed by atoms with Crippen LogP contribution in [0, 0.1) is 0 Å². The van der Waals surface area contributed by atoms with Crippen LogP contribution >= 0.6 is 12.6 Å². The van der Waals surface area contributed by atoms with E-state index in [0.717, 1.165) is 0 Å². The van der Waals surface area contributed by atoms with Gasteiger partial charge >= 0.3 is 5.97 Å². The molecule has 13 heavy (non-hydrogen) atoms. The van der Waals surface area contributed by atoms with Gasteiger partial charge in [-0.2, -0.15) is 12.6 Å². The Bertz CT molecular complexity index is 163. The molecule has 0 rings (SSSR count). The molecule has 0 amide bonds. The summed E-state index contributed by atoms with van der Waals surface area (Å²) >= 11 is 3.88. The summed E-state index contributed by atoms with van der Waals surface area (Å²) in [6.45, 7) is 5.38. The summed E-state index contributed by atoms with van der Waals surface area (Å²) in [7, 11) is 0. The van der Waals surface area contributed by atoms with E-state index in [4.69, 9.17) is 15.2 Å². The summed E-state index contributed by atoms with van der Waals surface area (Å²) in [5.74, 6) is -0.212. The van der Waals surface area contributed by atoms with Crippen molar-refractivity contribution in [2.75, 3.05) is 5.75 Å². The van der Waals surface area contributed by atoms with Gasteiger partial charge in [0.1, 0.15) is 6.04 Å². The van der Waals surface area contributed by atoms with Crippen LogP contribution in [-0.2, 0) is 14.3 Å². The van der Waals surface area contributed by atoms with E-state index >= 15 is 0 Å². The fourth-order valence-corrected chi connectivity index (χ4v) is 0.886. The van der Waals surface area contributed by atoms with Crippen LogP contribution < -0.4 is 5.73 Å². The quantitative estimate of drug-likeness (QED) is 0.393. The molecule has 2 N–H and O–H groups in total. The molecule has 0 aliphatic heterocycles. The van der Waals surface area contributed by atoms with Crippen LogP contribution in [0.5, 0.6) is 0 Å². The monoisotopic (exact) mass is 207 g/mol. The summed E-state index contributed by atoms with van der Waals surface area (Å²) in [5, 5.41) is 0. The molecular formula is C8H17NO3S. The van der Waals surface area contributed by atoms with E-state index in [1.54, 1.807) is 6.92 Å². The third-order valence-corrected chi connectivity index (χ3v) is 1.64. The first-order valence-corrected chi connectivity index (χ1v) is 4.83. The molecule has 0 aliphatic carbocycles. The van der Waals surface area contributed by atoms with Crippen molar-refractivity contribution in [3.63, 3.8) is 0 Å². The van der Waals surface area contributed by atoms with Crippen molar-refractivity contribution in [2.45, 2.75) is 39.2 Å². The third kappa shape index (κ3) is 5.90. The van der Waals surface area contributed by atoms with E-state index in [1.807, 2.05) is 13.8 Å². The first-order valence-electron chi connectivity index (χ1n) is 4.19. The van der Waals surface area contributed by atoms with Gasteiger partial charge in [-0.15, -0.1) is 0 Å². The van der Waals surface area contributed by atoms with Crippen molar-refractivity contribution in [2.24, 2.45) is 5.73 Å². The summed E-state index contributed by atoms with van der Waals surface area (Å²) in [6.07, 6.45) is -0.534. The van der Waals surface area contributed by atoms with Gasteiger partial charge < -0.3 is 15.2 Å². The molecule has 0 aromatic heterocycles. The Hall–Kier alpha value is -0.260. The second-order valence-corrected chi connectivity index (χ2v) is 3.34. The molecule has 0 bridgehead atoms. The topological polar surface area (TPSA) is 61.5 Å². The van der Waals surface area contributed by atoms with E-state index in [2.05, 4.69) is 12.6 Å². The maximum absolute atomic E-state index is 11.1. The highest BCUT2D eigenvalue weighted by Crippen LogP contribution is 2.00. The maximum atomic E-state index is 11.1. The molecule has 0 saturated heterocycles. The highest BCUT2D eigenvalue weighted by molar-refractivity contribution is 7.80. The minimum Gasteiger partial charge on any atom is -0.435 e. The Kier molecular flexibility index (Phi) is 6.11. The minimum atomic E-state index is -0.679. The summed E-state index contributed by atoms with van der Waals surface area (Å²) < 4.78 is 10.1. The van der Waals surface area contributed by atoms with E-state index in [9.17, 15) is 4.79 Å². The molecule has 0 fully saturated rings. The van der Waals surface area contributed by atoms with Crippen LogP contribution in [-0.4, -0.2) is 30.2 Å². The Morgan fingerprint density at radius 1 is 1.46 bits per heavy atom. The number of thiol groups is 1. The summed E-state index contributed by atoms with van der Waals surface area (Å²) in [4.78, 5) is 11.1. The summed E-state index contributed by atoms with van der Waals surface area (Å²) in [6, 6.07) is -0.679. The van der Waals surface area contributed by atoms with Gasteiger partial charge in [0, 0.05) is 5.75 Å². The molecule has 2 atom stereocenters. The fraction of sp³-hybridized carbons (Fsp3) is 0.875. The lowest BCUT2D eigenvalue weighted by Crippen LogP contribution is -2.36. The van der Waals surface area contributed by atoms with Gasteiger partial charge in [-0.1, -0.05) is 0 Å². The van der Waals surface area contributed by atoms with Gasteiger partial charge in [-0.25, -0.2) is 0 Å². The highest BCUT2D eigenvalue weighted by Gasteiger charge is 2.16. The predicted molar refractivity (Wildman–Crippen MR) is 53.6 cm³/mol. The molecule has 2 unspecified atom stereocenters. The molecule has 0 aromatic carbocycles. The minimum absolute atomic E-state index is 0.0232. The van der Waals surface area contributed by atoms with Gasteiger partial charge in [-0.05, 0) is 20.8 Å². The number of hydrogen-bond donors (Lipinski definition) is 2. The standard InChI is InChI=1S/C8H17NO3S/c1-5(2)11-6(3)12-8(10)7(9)4-13/h5-7,13H,4,9H2,1-3H3. The number of rotatable bonds is 5. The van der Waals surface area contributed by atoms with Crippen LogP contribution in [0.1, 0.15) is 20.8 Å². The van der Waals surface area contributed by atoms with Crippen molar-refractivity contribution < 1.29 is 14.3 Å². The molecule has 0 spiro atoms. The molecule has 5 heteroatoms. The Morgan fingerprint density at radius 3 is 2.38 bits per heavy atom. The van der Waals surface area contributed by atoms with Crippen LogP contribution in [0.4, 0.5) is 0 Å². The number of esters is 1. The molecule has 4 nitrogen and oxygen atoms in total. The lowest BCUT2D eigenvalue weighted by Gasteiger charge is -2.18. The van der Waals surface area contributed by atoms with E-state index < -0.39 is 18.3 Å². The average Bonchev–Trinajstić information content (AvgIpc) is 2.01. The van der Waals surface area contributed by atoms with Crippen LogP contribution in [0.2, 0.25) is 0 Å².